The Morgan fingerprint density at radius 1 is 1.42 bits per heavy atom. The van der Waals surface area contributed by atoms with Gasteiger partial charge in [-0.2, -0.15) is 0 Å². The van der Waals surface area contributed by atoms with Crippen LogP contribution in [0.5, 0.6) is 0 Å². The van der Waals surface area contributed by atoms with Crippen LogP contribution in [0.4, 0.5) is 0 Å². The van der Waals surface area contributed by atoms with Crippen molar-refractivity contribution in [1.29, 1.82) is 0 Å². The molecule has 19 heavy (non-hydrogen) atoms. The number of pyridine rings is 1. The third-order valence-corrected chi connectivity index (χ3v) is 4.90. The highest BCUT2D eigenvalue weighted by Crippen LogP contribution is 2.37. The summed E-state index contributed by atoms with van der Waals surface area (Å²) in [5.41, 5.74) is 0. The molecular weight excluding hydrogens is 282 g/mol. The molecule has 0 unspecified atom stereocenters. The molecule has 3 aromatic heterocycles. The molecule has 0 atom stereocenters. The van der Waals surface area contributed by atoms with Crippen molar-refractivity contribution >= 4 is 39.2 Å². The highest BCUT2D eigenvalue weighted by Gasteiger charge is 2.13. The Labute approximate surface area is 117 Å². The maximum Gasteiger partial charge on any atom is 0.345 e. The number of thiophene rings is 1. The van der Waals surface area contributed by atoms with E-state index in [0.717, 1.165) is 25.6 Å². The molecule has 0 aliphatic carbocycles. The molecule has 0 saturated heterocycles. The predicted octanol–water partition coefficient (Wildman–Crippen LogP) is 4.05. The number of nitrogens with zero attached hydrogens (tertiary/aromatic N) is 1. The SMILES string of the molecule is Cc1occc1Sc1cncc2sc(C(=O)O)cc12. The van der Waals surface area contributed by atoms with Gasteiger partial charge in [0, 0.05) is 22.7 Å². The fraction of sp³-hybridized carbons (Fsp3) is 0.0769. The Balaban J connectivity index is 2.08. The molecule has 4 nitrogen and oxygen atoms in total. The van der Waals surface area contributed by atoms with Crippen LogP contribution in [0, 0.1) is 6.92 Å². The first kappa shape index (κ1) is 12.3. The van der Waals surface area contributed by atoms with Crippen LogP contribution in [0.1, 0.15) is 15.4 Å². The van der Waals surface area contributed by atoms with Gasteiger partial charge < -0.3 is 9.52 Å². The van der Waals surface area contributed by atoms with E-state index in [0.29, 0.717) is 4.88 Å². The Morgan fingerprint density at radius 2 is 2.26 bits per heavy atom. The maximum atomic E-state index is 11.0. The van der Waals surface area contributed by atoms with Gasteiger partial charge in [-0.05, 0) is 19.1 Å². The second-order valence-corrected chi connectivity index (χ2v) is 6.08. The minimum Gasteiger partial charge on any atom is -0.477 e. The molecule has 0 aliphatic rings. The third-order valence-electron chi connectivity index (χ3n) is 2.65. The van der Waals surface area contributed by atoms with Crippen molar-refractivity contribution in [3.63, 3.8) is 0 Å². The zero-order valence-corrected chi connectivity index (χ0v) is 11.5. The summed E-state index contributed by atoms with van der Waals surface area (Å²) in [7, 11) is 0. The Hall–Kier alpha value is -1.79. The van der Waals surface area contributed by atoms with Crippen molar-refractivity contribution in [2.45, 2.75) is 16.7 Å². The molecule has 0 saturated carbocycles. The van der Waals surface area contributed by atoms with Gasteiger partial charge in [-0.25, -0.2) is 4.79 Å². The number of hydrogen-bond donors (Lipinski definition) is 1. The lowest BCUT2D eigenvalue weighted by Crippen LogP contribution is -1.89. The van der Waals surface area contributed by atoms with Crippen molar-refractivity contribution < 1.29 is 14.3 Å². The largest absolute Gasteiger partial charge is 0.477 e. The summed E-state index contributed by atoms with van der Waals surface area (Å²) in [6, 6.07) is 3.59. The van der Waals surface area contributed by atoms with Crippen LogP contribution in [0.25, 0.3) is 10.1 Å². The van der Waals surface area contributed by atoms with Crippen LogP contribution < -0.4 is 0 Å². The Morgan fingerprint density at radius 3 is 2.95 bits per heavy atom. The van der Waals surface area contributed by atoms with Crippen molar-refractivity contribution in [3.8, 4) is 0 Å². The van der Waals surface area contributed by atoms with Gasteiger partial charge in [0.25, 0.3) is 0 Å². The molecular formula is C13H9NO3S2. The molecule has 1 N–H and O–H groups in total. The summed E-state index contributed by atoms with van der Waals surface area (Å²) < 4.78 is 6.14. The molecule has 6 heteroatoms. The number of aryl methyl sites for hydroxylation is 1. The summed E-state index contributed by atoms with van der Waals surface area (Å²) in [5.74, 6) is -0.0627. The van der Waals surface area contributed by atoms with Crippen LogP contribution in [0.3, 0.4) is 0 Å². The topological polar surface area (TPSA) is 63.3 Å². The Kier molecular flexibility index (Phi) is 3.04. The first-order chi connectivity index (χ1) is 9.15. The minimum atomic E-state index is -0.906. The van der Waals surface area contributed by atoms with E-state index in [1.807, 2.05) is 13.0 Å². The van der Waals surface area contributed by atoms with Gasteiger partial charge in [0.15, 0.2) is 0 Å². The van der Waals surface area contributed by atoms with Crippen LogP contribution >= 0.6 is 23.1 Å². The Bertz CT molecular complexity index is 760. The monoisotopic (exact) mass is 291 g/mol. The van der Waals surface area contributed by atoms with Gasteiger partial charge in [-0.1, -0.05) is 11.8 Å². The second-order valence-electron chi connectivity index (χ2n) is 3.91. The van der Waals surface area contributed by atoms with Gasteiger partial charge in [0.05, 0.1) is 15.9 Å². The number of rotatable bonds is 3. The quantitative estimate of drug-likeness (QED) is 0.788. The molecule has 3 heterocycles. The average Bonchev–Trinajstić information content (AvgIpc) is 2.97. The zero-order valence-electron chi connectivity index (χ0n) is 9.91. The van der Waals surface area contributed by atoms with E-state index in [4.69, 9.17) is 9.52 Å². The summed E-state index contributed by atoms with van der Waals surface area (Å²) in [5, 5.41) is 9.97. The lowest BCUT2D eigenvalue weighted by atomic mass is 10.3. The van der Waals surface area contributed by atoms with Crippen molar-refractivity contribution in [2.75, 3.05) is 0 Å². The summed E-state index contributed by atoms with van der Waals surface area (Å²) in [6.45, 7) is 1.90. The van der Waals surface area contributed by atoms with Crippen LogP contribution in [-0.4, -0.2) is 16.1 Å². The molecule has 0 spiro atoms. The third kappa shape index (κ3) is 2.24. The highest BCUT2D eigenvalue weighted by atomic mass is 32.2. The van der Waals surface area contributed by atoms with E-state index in [9.17, 15) is 4.79 Å². The fourth-order valence-electron chi connectivity index (χ4n) is 1.72. The van der Waals surface area contributed by atoms with E-state index in [1.54, 1.807) is 24.7 Å². The van der Waals surface area contributed by atoms with E-state index in [-0.39, 0.29) is 0 Å². The number of carbonyl (C=O) groups is 1. The molecule has 3 rings (SSSR count). The first-order valence-electron chi connectivity index (χ1n) is 5.48. The van der Waals surface area contributed by atoms with Gasteiger partial charge in [0.2, 0.25) is 0 Å². The highest BCUT2D eigenvalue weighted by molar-refractivity contribution is 7.99. The number of fused-ring (bicyclic) bond motifs is 1. The maximum absolute atomic E-state index is 11.0. The van der Waals surface area contributed by atoms with Crippen LogP contribution in [0.2, 0.25) is 0 Å². The average molecular weight is 291 g/mol. The number of hydrogen-bond acceptors (Lipinski definition) is 5. The van der Waals surface area contributed by atoms with Crippen molar-refractivity contribution in [2.24, 2.45) is 0 Å². The van der Waals surface area contributed by atoms with Gasteiger partial charge >= 0.3 is 5.97 Å². The molecule has 0 fully saturated rings. The number of furan rings is 1. The second kappa shape index (κ2) is 4.71. The van der Waals surface area contributed by atoms with E-state index >= 15 is 0 Å². The van der Waals surface area contributed by atoms with Gasteiger partial charge in [-0.15, -0.1) is 11.3 Å². The summed E-state index contributed by atoms with van der Waals surface area (Å²) in [6.07, 6.45) is 5.08. The van der Waals surface area contributed by atoms with Gasteiger partial charge in [-0.3, -0.25) is 4.98 Å². The normalized spacial score (nSPS) is 11.0. The lowest BCUT2D eigenvalue weighted by molar-refractivity contribution is 0.0702. The molecule has 0 radical (unpaired) electrons. The first-order valence-corrected chi connectivity index (χ1v) is 7.11. The zero-order chi connectivity index (χ0) is 13.4. The number of carboxylic acids is 1. The molecule has 96 valence electrons. The summed E-state index contributed by atoms with van der Waals surface area (Å²) in [4.78, 5) is 17.5. The molecule has 0 bridgehead atoms. The number of aromatic carboxylic acids is 1. The number of carboxylic acid groups (broad SMARTS) is 1. The predicted molar refractivity (Wildman–Crippen MR) is 74.1 cm³/mol. The molecule has 0 aromatic carbocycles. The molecule has 0 amide bonds. The fourth-order valence-corrected chi connectivity index (χ4v) is 3.62. The smallest absolute Gasteiger partial charge is 0.345 e. The van der Waals surface area contributed by atoms with E-state index < -0.39 is 5.97 Å². The molecule has 0 aliphatic heterocycles. The van der Waals surface area contributed by atoms with Crippen LogP contribution in [0.15, 0.2) is 45.0 Å². The molecule has 3 aromatic rings. The van der Waals surface area contributed by atoms with E-state index in [2.05, 4.69) is 4.98 Å². The van der Waals surface area contributed by atoms with Gasteiger partial charge in [0.1, 0.15) is 10.6 Å². The van der Waals surface area contributed by atoms with Crippen molar-refractivity contribution in [3.05, 3.63) is 41.4 Å². The lowest BCUT2D eigenvalue weighted by Gasteiger charge is -2.00. The number of aromatic nitrogens is 1. The summed E-state index contributed by atoms with van der Waals surface area (Å²) >= 11 is 2.77. The van der Waals surface area contributed by atoms with E-state index in [1.165, 1.54) is 23.1 Å². The minimum absolute atomic E-state index is 0.328. The van der Waals surface area contributed by atoms with Crippen LogP contribution in [-0.2, 0) is 0 Å². The van der Waals surface area contributed by atoms with Crippen molar-refractivity contribution in [1.82, 2.24) is 4.98 Å². The standard InChI is InChI=1S/C13H9NO3S2/c1-7-9(2-3-17-7)18-11-5-14-6-12-8(11)4-10(19-12)13(15)16/h2-6H,1H3,(H,15,16).